The van der Waals surface area contributed by atoms with E-state index in [1.165, 1.54) is 12.3 Å². The molecule has 3 rings (SSSR count). The lowest BCUT2D eigenvalue weighted by atomic mass is 9.80. The molecule has 0 aliphatic rings. The van der Waals surface area contributed by atoms with E-state index in [1.54, 1.807) is 0 Å². The molecule has 0 unspecified atom stereocenters. The summed E-state index contributed by atoms with van der Waals surface area (Å²) in [6, 6.07) is 5.49. The maximum absolute atomic E-state index is 14.2. The number of H-pyrrole nitrogens is 1. The molecular weight excluding hydrogens is 298 g/mol. The molecular formula is C14H9BF3NO3. The Hall–Kier alpha value is -2.45. The van der Waals surface area contributed by atoms with E-state index >= 15 is 0 Å². The van der Waals surface area contributed by atoms with Crippen LogP contribution in [0.4, 0.5) is 13.2 Å². The quantitative estimate of drug-likeness (QED) is 0.649. The van der Waals surface area contributed by atoms with Gasteiger partial charge in [0, 0.05) is 23.1 Å². The van der Waals surface area contributed by atoms with E-state index < -0.39 is 35.8 Å². The fourth-order valence-electron chi connectivity index (χ4n) is 2.11. The number of ether oxygens (including phenoxy) is 1. The van der Waals surface area contributed by atoms with E-state index in [0.29, 0.717) is 0 Å². The van der Waals surface area contributed by atoms with Crippen LogP contribution in [0.2, 0.25) is 0 Å². The lowest BCUT2D eigenvalue weighted by molar-refractivity contribution is 0.408. The Bertz CT molecular complexity index is 851. The number of aromatic nitrogens is 1. The van der Waals surface area contributed by atoms with Crippen LogP contribution < -0.4 is 10.2 Å². The van der Waals surface area contributed by atoms with Gasteiger partial charge in [-0.2, -0.15) is 0 Å². The number of hydrogen-bond acceptors (Lipinski definition) is 3. The molecule has 0 aliphatic carbocycles. The first-order valence-electron chi connectivity index (χ1n) is 6.26. The van der Waals surface area contributed by atoms with Crippen LogP contribution in [-0.4, -0.2) is 22.2 Å². The van der Waals surface area contributed by atoms with Crippen LogP contribution in [0.15, 0.2) is 36.5 Å². The fourth-order valence-corrected chi connectivity index (χ4v) is 2.11. The van der Waals surface area contributed by atoms with Gasteiger partial charge in [-0.3, -0.25) is 0 Å². The second-order valence-electron chi connectivity index (χ2n) is 4.60. The lowest BCUT2D eigenvalue weighted by Crippen LogP contribution is -2.32. The number of halogens is 3. The summed E-state index contributed by atoms with van der Waals surface area (Å²) in [4.78, 5) is 2.67. The Morgan fingerprint density at radius 3 is 2.50 bits per heavy atom. The third kappa shape index (κ3) is 2.42. The molecule has 8 heteroatoms. The van der Waals surface area contributed by atoms with Gasteiger partial charge < -0.3 is 19.8 Å². The van der Waals surface area contributed by atoms with Crippen molar-refractivity contribution < 1.29 is 28.0 Å². The molecule has 0 saturated carbocycles. The zero-order valence-corrected chi connectivity index (χ0v) is 11.0. The molecule has 0 radical (unpaired) electrons. The Kier molecular flexibility index (Phi) is 3.55. The van der Waals surface area contributed by atoms with E-state index in [2.05, 4.69) is 4.98 Å². The second-order valence-corrected chi connectivity index (χ2v) is 4.60. The average molecular weight is 307 g/mol. The number of aromatic amines is 1. The first kappa shape index (κ1) is 14.5. The molecule has 3 N–H and O–H groups in total. The molecule has 0 atom stereocenters. The minimum absolute atomic E-state index is 0.128. The SMILES string of the molecule is OB(O)c1cc(Oc2c(F)cc3[nH]ccc3c2F)ccc1F. The molecule has 1 aromatic heterocycles. The van der Waals surface area contributed by atoms with Crippen LogP contribution in [0.1, 0.15) is 0 Å². The minimum Gasteiger partial charge on any atom is -0.451 e. The standard InChI is InChI=1S/C14H9BF3NO3/c16-10-2-1-7(5-9(10)15(20)21)22-14-11(17)6-12-8(13(14)18)3-4-19-12/h1-6,19-21H. The number of fused-ring (bicyclic) bond motifs is 1. The number of rotatable bonds is 3. The van der Waals surface area contributed by atoms with Crippen molar-refractivity contribution in [3.63, 3.8) is 0 Å². The highest BCUT2D eigenvalue weighted by Crippen LogP contribution is 2.32. The highest BCUT2D eigenvalue weighted by molar-refractivity contribution is 6.58. The summed E-state index contributed by atoms with van der Waals surface area (Å²) in [7, 11) is -2.06. The molecule has 22 heavy (non-hydrogen) atoms. The second kappa shape index (κ2) is 5.40. The van der Waals surface area contributed by atoms with Gasteiger partial charge in [-0.1, -0.05) is 0 Å². The van der Waals surface area contributed by atoms with E-state index in [-0.39, 0.29) is 16.7 Å². The number of nitrogens with one attached hydrogen (secondary N) is 1. The van der Waals surface area contributed by atoms with E-state index in [0.717, 1.165) is 24.3 Å². The zero-order valence-electron chi connectivity index (χ0n) is 11.0. The van der Waals surface area contributed by atoms with Crippen molar-refractivity contribution in [3.8, 4) is 11.5 Å². The summed E-state index contributed by atoms with van der Waals surface area (Å²) >= 11 is 0. The Labute approximate surface area is 122 Å². The first-order valence-corrected chi connectivity index (χ1v) is 6.26. The predicted octanol–water partition coefficient (Wildman–Crippen LogP) is 2.06. The molecule has 0 saturated heterocycles. The number of benzene rings is 2. The highest BCUT2D eigenvalue weighted by Gasteiger charge is 2.20. The summed E-state index contributed by atoms with van der Waals surface area (Å²) in [5.74, 6) is -3.51. The van der Waals surface area contributed by atoms with Gasteiger partial charge in [0.1, 0.15) is 11.6 Å². The molecule has 3 aromatic rings. The molecule has 0 aliphatic heterocycles. The zero-order chi connectivity index (χ0) is 15.9. The maximum atomic E-state index is 14.2. The lowest BCUT2D eigenvalue weighted by Gasteiger charge is -2.10. The molecule has 1 heterocycles. The maximum Gasteiger partial charge on any atom is 0.491 e. The minimum atomic E-state index is -2.06. The van der Waals surface area contributed by atoms with E-state index in [9.17, 15) is 13.2 Å². The fraction of sp³-hybridized carbons (Fsp3) is 0. The third-order valence-corrected chi connectivity index (χ3v) is 3.17. The van der Waals surface area contributed by atoms with Crippen molar-refractivity contribution in [1.82, 2.24) is 4.98 Å². The average Bonchev–Trinajstić information content (AvgIpc) is 2.93. The third-order valence-electron chi connectivity index (χ3n) is 3.17. The summed E-state index contributed by atoms with van der Waals surface area (Å²) in [6.07, 6.45) is 1.45. The van der Waals surface area contributed by atoms with Crippen LogP contribution in [0, 0.1) is 17.5 Å². The summed E-state index contributed by atoms with van der Waals surface area (Å²) in [6.45, 7) is 0. The molecule has 0 bridgehead atoms. The van der Waals surface area contributed by atoms with Crippen molar-refractivity contribution in [3.05, 3.63) is 54.0 Å². The smallest absolute Gasteiger partial charge is 0.451 e. The summed E-state index contributed by atoms with van der Waals surface area (Å²) in [5.41, 5.74) is -0.186. The van der Waals surface area contributed by atoms with Crippen LogP contribution in [0.25, 0.3) is 10.9 Å². The largest absolute Gasteiger partial charge is 0.491 e. The van der Waals surface area contributed by atoms with Gasteiger partial charge in [0.15, 0.2) is 17.4 Å². The van der Waals surface area contributed by atoms with Crippen LogP contribution in [0.3, 0.4) is 0 Å². The van der Waals surface area contributed by atoms with Gasteiger partial charge in [0.2, 0.25) is 0 Å². The highest BCUT2D eigenvalue weighted by atomic mass is 19.1. The Morgan fingerprint density at radius 2 is 1.77 bits per heavy atom. The van der Waals surface area contributed by atoms with Crippen molar-refractivity contribution >= 4 is 23.5 Å². The van der Waals surface area contributed by atoms with Crippen LogP contribution in [0.5, 0.6) is 11.5 Å². The molecule has 112 valence electrons. The van der Waals surface area contributed by atoms with E-state index in [1.807, 2.05) is 0 Å². The summed E-state index contributed by atoms with van der Waals surface area (Å²) < 4.78 is 46.6. The van der Waals surface area contributed by atoms with Gasteiger partial charge in [-0.25, -0.2) is 13.2 Å². The normalized spacial score (nSPS) is 11.0. The summed E-state index contributed by atoms with van der Waals surface area (Å²) in [5, 5.41) is 18.2. The monoisotopic (exact) mass is 307 g/mol. The molecule has 0 spiro atoms. The van der Waals surface area contributed by atoms with Crippen molar-refractivity contribution in [2.75, 3.05) is 0 Å². The van der Waals surface area contributed by atoms with Gasteiger partial charge in [0.25, 0.3) is 0 Å². The van der Waals surface area contributed by atoms with Gasteiger partial charge in [-0.15, -0.1) is 0 Å². The van der Waals surface area contributed by atoms with Gasteiger partial charge in [0.05, 0.1) is 5.52 Å². The van der Waals surface area contributed by atoms with Crippen molar-refractivity contribution in [1.29, 1.82) is 0 Å². The van der Waals surface area contributed by atoms with E-state index in [4.69, 9.17) is 14.8 Å². The van der Waals surface area contributed by atoms with Crippen LogP contribution in [-0.2, 0) is 0 Å². The van der Waals surface area contributed by atoms with Gasteiger partial charge >= 0.3 is 7.12 Å². The van der Waals surface area contributed by atoms with Crippen LogP contribution >= 0.6 is 0 Å². The number of hydrogen-bond donors (Lipinski definition) is 3. The predicted molar refractivity (Wildman–Crippen MR) is 74.5 cm³/mol. The molecule has 4 nitrogen and oxygen atoms in total. The molecule has 0 fully saturated rings. The Balaban J connectivity index is 2.05. The molecule has 2 aromatic carbocycles. The van der Waals surface area contributed by atoms with Crippen molar-refractivity contribution in [2.45, 2.75) is 0 Å². The molecule has 0 amide bonds. The van der Waals surface area contributed by atoms with Crippen molar-refractivity contribution in [2.24, 2.45) is 0 Å². The van der Waals surface area contributed by atoms with Gasteiger partial charge in [-0.05, 0) is 24.3 Å². The first-order chi connectivity index (χ1) is 10.5. The topological polar surface area (TPSA) is 65.5 Å². The Morgan fingerprint density at radius 1 is 1.00 bits per heavy atom.